The molecule has 0 spiro atoms. The summed E-state index contributed by atoms with van der Waals surface area (Å²) in [6.07, 6.45) is 12.4. The number of hydrogen-bond acceptors (Lipinski definition) is 7. The standard InChI is InChI=1S/C24H33N9O.C2H6/c1-5-11-32-23(26-6-2)19(15-28-32)24(34)29-21-14-20(18-7-12-31(13-8-18)17(3)4)30-33(21)22-16-25-9-10-27-22;1-2/h5-6,9-11,14-15,17-18,25H,7-8,12-13,16H2,1-4H3,(H,29,34);1-2H3/b11-5-,26-6-;. The summed E-state index contributed by atoms with van der Waals surface area (Å²) in [7, 11) is 0. The highest BCUT2D eigenvalue weighted by Crippen LogP contribution is 2.30. The smallest absolute Gasteiger partial charge is 0.262 e. The minimum atomic E-state index is -0.293. The van der Waals surface area contributed by atoms with Gasteiger partial charge in [-0.25, -0.2) is 19.3 Å². The van der Waals surface area contributed by atoms with Crippen LogP contribution in [-0.2, 0) is 0 Å². The van der Waals surface area contributed by atoms with E-state index in [1.807, 2.05) is 39.8 Å². The zero-order chi connectivity index (χ0) is 26.1. The molecule has 1 fully saturated rings. The molecule has 0 aliphatic carbocycles. The van der Waals surface area contributed by atoms with E-state index in [1.165, 1.54) is 6.20 Å². The Labute approximate surface area is 213 Å². The number of carbonyl (C=O) groups excluding carboxylic acids is 1. The summed E-state index contributed by atoms with van der Waals surface area (Å²) >= 11 is 0. The summed E-state index contributed by atoms with van der Waals surface area (Å²) in [4.78, 5) is 24.6. The van der Waals surface area contributed by atoms with Crippen molar-refractivity contribution in [2.45, 2.75) is 66.3 Å². The fraction of sp³-hybridized carbons (Fsp3) is 0.500. The van der Waals surface area contributed by atoms with Gasteiger partial charge in [0, 0.05) is 42.8 Å². The van der Waals surface area contributed by atoms with Crippen LogP contribution in [-0.4, -0.2) is 68.1 Å². The second kappa shape index (κ2) is 13.0. The largest absolute Gasteiger partial charge is 0.382 e. The third kappa shape index (κ3) is 6.17. The number of nitrogens with one attached hydrogen (secondary N) is 2. The number of likely N-dealkylation sites (tertiary alicyclic amines) is 1. The van der Waals surface area contributed by atoms with Gasteiger partial charge < -0.3 is 15.5 Å². The first-order valence-corrected chi connectivity index (χ1v) is 12.8. The van der Waals surface area contributed by atoms with Gasteiger partial charge in [-0.2, -0.15) is 10.2 Å². The summed E-state index contributed by atoms with van der Waals surface area (Å²) in [6.45, 7) is 14.8. The van der Waals surface area contributed by atoms with Crippen molar-refractivity contribution in [3.05, 3.63) is 42.0 Å². The number of anilines is 1. The van der Waals surface area contributed by atoms with E-state index in [0.29, 0.717) is 35.7 Å². The SMILES string of the molecule is C/C=C\n1ncc(C(=O)Nc2cc(C3CCN(C(C)C)CC3)nn2C2=NC=CNC2)c1/N=C\C.CC. The van der Waals surface area contributed by atoms with Gasteiger partial charge in [0.15, 0.2) is 11.7 Å². The van der Waals surface area contributed by atoms with Crippen molar-refractivity contribution >= 4 is 35.8 Å². The molecule has 4 heterocycles. The van der Waals surface area contributed by atoms with Crippen molar-refractivity contribution in [1.82, 2.24) is 29.8 Å². The van der Waals surface area contributed by atoms with Crippen molar-refractivity contribution in [1.29, 1.82) is 0 Å². The maximum atomic E-state index is 13.3. The van der Waals surface area contributed by atoms with Crippen LogP contribution < -0.4 is 10.6 Å². The average molecular weight is 494 g/mol. The average Bonchev–Trinajstić information content (AvgIpc) is 3.51. The molecule has 1 amide bonds. The van der Waals surface area contributed by atoms with Crippen LogP contribution in [0, 0.1) is 0 Å². The number of amides is 1. The number of nitrogens with zero attached hydrogens (tertiary/aromatic N) is 7. The first-order chi connectivity index (χ1) is 17.5. The lowest BCUT2D eigenvalue weighted by Crippen LogP contribution is -2.38. The number of aliphatic imine (C=N–C) groups is 2. The van der Waals surface area contributed by atoms with Crippen LogP contribution in [0.3, 0.4) is 0 Å². The van der Waals surface area contributed by atoms with Gasteiger partial charge >= 0.3 is 0 Å². The van der Waals surface area contributed by atoms with Crippen LogP contribution in [0.2, 0.25) is 0 Å². The van der Waals surface area contributed by atoms with Crippen LogP contribution in [0.15, 0.2) is 40.7 Å². The summed E-state index contributed by atoms with van der Waals surface area (Å²) < 4.78 is 3.32. The van der Waals surface area contributed by atoms with Crippen molar-refractivity contribution < 1.29 is 4.79 Å². The molecular formula is C26H39N9O. The Hall–Kier alpha value is -3.53. The van der Waals surface area contributed by atoms with E-state index in [2.05, 4.69) is 44.5 Å². The lowest BCUT2D eigenvalue weighted by Gasteiger charge is -2.33. The fourth-order valence-corrected chi connectivity index (χ4v) is 4.30. The van der Waals surface area contributed by atoms with Crippen LogP contribution >= 0.6 is 0 Å². The van der Waals surface area contributed by atoms with Crippen molar-refractivity contribution in [3.63, 3.8) is 0 Å². The Kier molecular flexibility index (Phi) is 9.75. The molecule has 36 heavy (non-hydrogen) atoms. The van der Waals surface area contributed by atoms with Crippen molar-refractivity contribution in [3.8, 4) is 0 Å². The lowest BCUT2D eigenvalue weighted by molar-refractivity contribution is 0.102. The number of rotatable bonds is 6. The Morgan fingerprint density at radius 1 is 1.25 bits per heavy atom. The highest BCUT2D eigenvalue weighted by molar-refractivity contribution is 6.08. The highest BCUT2D eigenvalue weighted by atomic mass is 16.1. The summed E-state index contributed by atoms with van der Waals surface area (Å²) in [5.74, 6) is 1.84. The second-order valence-electron chi connectivity index (χ2n) is 8.66. The van der Waals surface area contributed by atoms with Crippen molar-refractivity contribution in [2.75, 3.05) is 25.0 Å². The lowest BCUT2D eigenvalue weighted by atomic mass is 9.93. The van der Waals surface area contributed by atoms with Crippen LogP contribution in [0.1, 0.15) is 76.4 Å². The minimum Gasteiger partial charge on any atom is -0.382 e. The van der Waals surface area contributed by atoms with Crippen LogP contribution in [0.25, 0.3) is 6.20 Å². The monoisotopic (exact) mass is 493 g/mol. The molecule has 0 saturated carbocycles. The molecule has 0 bridgehead atoms. The summed E-state index contributed by atoms with van der Waals surface area (Å²) in [6, 6.07) is 2.53. The molecule has 2 aromatic heterocycles. The van der Waals surface area contributed by atoms with Gasteiger partial charge in [-0.3, -0.25) is 4.79 Å². The maximum Gasteiger partial charge on any atom is 0.262 e. The van der Waals surface area contributed by atoms with E-state index < -0.39 is 0 Å². The number of hydrogen-bond donors (Lipinski definition) is 2. The van der Waals surface area contributed by atoms with Crippen LogP contribution in [0.4, 0.5) is 11.6 Å². The zero-order valence-corrected chi connectivity index (χ0v) is 22.3. The molecule has 4 rings (SSSR count). The van der Waals surface area contributed by atoms with E-state index in [4.69, 9.17) is 5.10 Å². The molecule has 2 N–H and O–H groups in total. The predicted molar refractivity (Wildman–Crippen MR) is 147 cm³/mol. The third-order valence-electron chi connectivity index (χ3n) is 6.12. The quantitative estimate of drug-likeness (QED) is 0.578. The maximum absolute atomic E-state index is 13.3. The first-order valence-electron chi connectivity index (χ1n) is 12.8. The minimum absolute atomic E-state index is 0.293. The van der Waals surface area contributed by atoms with Gasteiger partial charge in [-0.05, 0) is 53.6 Å². The van der Waals surface area contributed by atoms with Crippen LogP contribution in [0.5, 0.6) is 0 Å². The Balaban J connectivity index is 0.00000176. The summed E-state index contributed by atoms with van der Waals surface area (Å²) in [5.41, 5.74) is 1.37. The van der Waals surface area contributed by atoms with E-state index >= 15 is 0 Å². The molecule has 0 aromatic carbocycles. The topological polar surface area (TPSA) is 105 Å². The molecule has 0 unspecified atom stereocenters. The van der Waals surface area contributed by atoms with Gasteiger partial charge in [0.2, 0.25) is 0 Å². The Morgan fingerprint density at radius 3 is 2.61 bits per heavy atom. The zero-order valence-electron chi connectivity index (χ0n) is 22.3. The molecule has 2 aliphatic rings. The number of piperidine rings is 1. The molecule has 0 radical (unpaired) electrons. The molecule has 0 atom stereocenters. The summed E-state index contributed by atoms with van der Waals surface area (Å²) in [5, 5.41) is 15.4. The van der Waals surface area contributed by atoms with E-state index in [0.717, 1.165) is 37.5 Å². The number of aromatic nitrogens is 4. The Morgan fingerprint density at radius 2 is 2.00 bits per heavy atom. The van der Waals surface area contributed by atoms with E-state index in [1.54, 1.807) is 34.2 Å². The normalized spacial score (nSPS) is 16.8. The molecule has 2 aliphatic heterocycles. The number of carbonyl (C=O) groups is 1. The first kappa shape index (κ1) is 27.1. The molecule has 10 nitrogen and oxygen atoms in total. The molecule has 1 saturated heterocycles. The fourth-order valence-electron chi connectivity index (χ4n) is 4.30. The predicted octanol–water partition coefficient (Wildman–Crippen LogP) is 4.48. The van der Waals surface area contributed by atoms with Gasteiger partial charge in [0.1, 0.15) is 11.4 Å². The van der Waals surface area contributed by atoms with E-state index in [-0.39, 0.29) is 5.91 Å². The second-order valence-corrected chi connectivity index (χ2v) is 8.66. The number of allylic oxidation sites excluding steroid dienone is 1. The van der Waals surface area contributed by atoms with Crippen molar-refractivity contribution in [2.24, 2.45) is 9.98 Å². The Bertz CT molecular complexity index is 1130. The molecule has 194 valence electrons. The van der Waals surface area contributed by atoms with Gasteiger partial charge in [0.05, 0.1) is 18.4 Å². The highest BCUT2D eigenvalue weighted by Gasteiger charge is 2.27. The molecular weight excluding hydrogens is 454 g/mol. The van der Waals surface area contributed by atoms with Gasteiger partial charge in [0.25, 0.3) is 5.91 Å². The van der Waals surface area contributed by atoms with E-state index in [9.17, 15) is 4.79 Å². The van der Waals surface area contributed by atoms with Gasteiger partial charge in [-0.15, -0.1) is 0 Å². The molecule has 2 aromatic rings. The third-order valence-corrected chi connectivity index (χ3v) is 6.12. The van der Waals surface area contributed by atoms with Gasteiger partial charge in [-0.1, -0.05) is 19.9 Å². The molecule has 10 heteroatoms.